The van der Waals surface area contributed by atoms with Gasteiger partial charge in [0.25, 0.3) is 5.91 Å². The van der Waals surface area contributed by atoms with E-state index in [2.05, 4.69) is 39.8 Å². The first-order valence-corrected chi connectivity index (χ1v) is 9.25. The number of carbonyl (C=O) groups excluding carboxylic acids is 1. The molecule has 0 unspecified atom stereocenters. The molecule has 1 amide bonds. The number of tetrazole rings is 1. The van der Waals surface area contributed by atoms with E-state index in [1.54, 1.807) is 28.9 Å². The summed E-state index contributed by atoms with van der Waals surface area (Å²) in [7, 11) is 0. The highest BCUT2D eigenvalue weighted by Gasteiger charge is 2.16. The fourth-order valence-corrected chi connectivity index (χ4v) is 2.96. The topological polar surface area (TPSA) is 99.8 Å². The number of ether oxygens (including phenoxy) is 1. The summed E-state index contributed by atoms with van der Waals surface area (Å²) in [5, 5.41) is 18.9. The molecule has 2 aromatic heterocycles. The van der Waals surface area contributed by atoms with Crippen LogP contribution in [0.3, 0.4) is 0 Å². The fourth-order valence-electron chi connectivity index (χ4n) is 2.96. The Kier molecular flexibility index (Phi) is 5.72. The third kappa shape index (κ3) is 4.03. The molecule has 0 radical (unpaired) electrons. The molecule has 0 atom stereocenters. The highest BCUT2D eigenvalue weighted by molar-refractivity contribution is 6.04. The second-order valence-corrected chi connectivity index (χ2v) is 6.76. The Labute approximate surface area is 163 Å². The number of nitrogens with one attached hydrogen (secondary N) is 1. The van der Waals surface area contributed by atoms with Crippen molar-refractivity contribution < 1.29 is 9.53 Å². The number of aromatic nitrogens is 6. The van der Waals surface area contributed by atoms with Crippen LogP contribution in [0.1, 0.15) is 54.4 Å². The maximum Gasteiger partial charge on any atom is 0.255 e. The van der Waals surface area contributed by atoms with Crippen LogP contribution in [-0.2, 0) is 13.2 Å². The third-order valence-electron chi connectivity index (χ3n) is 4.44. The van der Waals surface area contributed by atoms with Crippen LogP contribution in [0.2, 0.25) is 0 Å². The Hall–Kier alpha value is -3.23. The zero-order valence-corrected chi connectivity index (χ0v) is 16.8. The summed E-state index contributed by atoms with van der Waals surface area (Å²) >= 11 is 0. The molecule has 3 aromatic rings. The highest BCUT2D eigenvalue weighted by Crippen LogP contribution is 2.23. The van der Waals surface area contributed by atoms with Gasteiger partial charge in [0, 0.05) is 18.2 Å². The average Bonchev–Trinajstić information content (AvgIpc) is 3.25. The molecule has 0 aliphatic heterocycles. The lowest BCUT2D eigenvalue weighted by molar-refractivity contribution is 0.102. The Morgan fingerprint density at radius 1 is 1.21 bits per heavy atom. The molecule has 0 aliphatic carbocycles. The molecule has 28 heavy (non-hydrogen) atoms. The van der Waals surface area contributed by atoms with E-state index < -0.39 is 0 Å². The molecule has 0 saturated carbocycles. The summed E-state index contributed by atoms with van der Waals surface area (Å²) in [6.07, 6.45) is 0. The molecule has 0 bridgehead atoms. The van der Waals surface area contributed by atoms with Crippen molar-refractivity contribution in [3.05, 3.63) is 47.0 Å². The van der Waals surface area contributed by atoms with E-state index in [-0.39, 0.29) is 18.6 Å². The first kappa shape index (κ1) is 19.5. The molecule has 1 aromatic carbocycles. The largest absolute Gasteiger partial charge is 0.486 e. The molecular weight excluding hydrogens is 358 g/mol. The van der Waals surface area contributed by atoms with Gasteiger partial charge < -0.3 is 10.1 Å². The lowest BCUT2D eigenvalue weighted by atomic mass is 10.2. The van der Waals surface area contributed by atoms with Gasteiger partial charge in [0.05, 0.1) is 17.1 Å². The normalized spacial score (nSPS) is 11.1. The van der Waals surface area contributed by atoms with Crippen LogP contribution in [0.5, 0.6) is 5.75 Å². The van der Waals surface area contributed by atoms with Crippen LogP contribution in [0, 0.1) is 13.8 Å². The van der Waals surface area contributed by atoms with Crippen LogP contribution in [0.15, 0.2) is 24.3 Å². The number of rotatable bonds is 7. The Morgan fingerprint density at radius 2 is 1.93 bits per heavy atom. The molecule has 2 heterocycles. The minimum Gasteiger partial charge on any atom is -0.486 e. The van der Waals surface area contributed by atoms with E-state index in [1.807, 2.05) is 25.5 Å². The first-order chi connectivity index (χ1) is 13.4. The monoisotopic (exact) mass is 383 g/mol. The van der Waals surface area contributed by atoms with Gasteiger partial charge in [0.1, 0.15) is 12.4 Å². The molecule has 0 aliphatic rings. The van der Waals surface area contributed by atoms with E-state index in [0.717, 1.165) is 17.1 Å². The van der Waals surface area contributed by atoms with E-state index in [9.17, 15) is 4.79 Å². The van der Waals surface area contributed by atoms with Gasteiger partial charge in [0.2, 0.25) is 0 Å². The SMILES string of the molecule is CCn1nnnc1COc1ccc(C(=O)Nc2c(C)nn(C(C)C)c2C)cc1. The molecule has 148 valence electrons. The van der Waals surface area contributed by atoms with Crippen molar-refractivity contribution in [3.8, 4) is 5.75 Å². The summed E-state index contributed by atoms with van der Waals surface area (Å²) in [4.78, 5) is 12.6. The summed E-state index contributed by atoms with van der Waals surface area (Å²) in [6, 6.07) is 7.20. The summed E-state index contributed by atoms with van der Waals surface area (Å²) < 4.78 is 9.28. The quantitative estimate of drug-likeness (QED) is 0.673. The van der Waals surface area contributed by atoms with Gasteiger partial charge in [-0.1, -0.05) is 0 Å². The highest BCUT2D eigenvalue weighted by atomic mass is 16.5. The smallest absolute Gasteiger partial charge is 0.255 e. The van der Waals surface area contributed by atoms with Crippen LogP contribution < -0.4 is 10.1 Å². The number of anilines is 1. The maximum absolute atomic E-state index is 12.6. The molecule has 3 rings (SSSR count). The minimum absolute atomic E-state index is 0.184. The molecular formula is C19H25N7O2. The second kappa shape index (κ2) is 8.20. The van der Waals surface area contributed by atoms with Crippen molar-refractivity contribution in [2.45, 2.75) is 53.8 Å². The van der Waals surface area contributed by atoms with E-state index >= 15 is 0 Å². The van der Waals surface area contributed by atoms with E-state index in [1.165, 1.54) is 0 Å². The molecule has 1 N–H and O–H groups in total. The Morgan fingerprint density at radius 3 is 2.54 bits per heavy atom. The van der Waals surface area contributed by atoms with Gasteiger partial charge in [-0.05, 0) is 69.3 Å². The average molecular weight is 383 g/mol. The lowest BCUT2D eigenvalue weighted by Crippen LogP contribution is -2.13. The molecule has 9 heteroatoms. The lowest BCUT2D eigenvalue weighted by Gasteiger charge is -2.10. The van der Waals surface area contributed by atoms with Gasteiger partial charge in [-0.15, -0.1) is 5.10 Å². The van der Waals surface area contributed by atoms with Crippen molar-refractivity contribution in [3.63, 3.8) is 0 Å². The van der Waals surface area contributed by atoms with Crippen LogP contribution in [-0.4, -0.2) is 35.9 Å². The van der Waals surface area contributed by atoms with Crippen LogP contribution in [0.25, 0.3) is 0 Å². The minimum atomic E-state index is -0.184. The molecule has 0 saturated heterocycles. The summed E-state index contributed by atoms with van der Waals surface area (Å²) in [5.41, 5.74) is 3.04. The molecule has 9 nitrogen and oxygen atoms in total. The van der Waals surface area contributed by atoms with Gasteiger partial charge in [0.15, 0.2) is 5.82 Å². The predicted molar refractivity (Wildman–Crippen MR) is 104 cm³/mol. The van der Waals surface area contributed by atoms with Gasteiger partial charge in [-0.3, -0.25) is 9.48 Å². The number of benzene rings is 1. The number of amides is 1. The van der Waals surface area contributed by atoms with E-state index in [4.69, 9.17) is 4.74 Å². The van der Waals surface area contributed by atoms with Crippen molar-refractivity contribution in [2.24, 2.45) is 0 Å². The van der Waals surface area contributed by atoms with Gasteiger partial charge in [-0.25, -0.2) is 4.68 Å². The van der Waals surface area contributed by atoms with Gasteiger partial charge >= 0.3 is 0 Å². The molecule has 0 fully saturated rings. The number of carbonyl (C=O) groups is 1. The standard InChI is InChI=1S/C19H25N7O2/c1-6-25-17(21-23-24-25)11-28-16-9-7-15(8-10-16)19(27)20-18-13(4)22-26(12(2)3)14(18)5/h7-10,12H,6,11H2,1-5H3,(H,20,27). The van der Waals surface area contributed by atoms with Crippen molar-refractivity contribution in [1.82, 2.24) is 30.0 Å². The van der Waals surface area contributed by atoms with E-state index in [0.29, 0.717) is 23.7 Å². The summed E-state index contributed by atoms with van der Waals surface area (Å²) in [6.45, 7) is 10.9. The number of aryl methyl sites for hydroxylation is 2. The fraction of sp³-hybridized carbons (Fsp3) is 0.421. The third-order valence-corrected chi connectivity index (χ3v) is 4.44. The zero-order chi connectivity index (χ0) is 20.3. The van der Waals surface area contributed by atoms with Gasteiger partial charge in [-0.2, -0.15) is 5.10 Å². The van der Waals surface area contributed by atoms with Crippen molar-refractivity contribution in [1.29, 1.82) is 0 Å². The zero-order valence-electron chi connectivity index (χ0n) is 16.8. The predicted octanol–water partition coefficient (Wildman–Crippen LogP) is 2.92. The molecule has 0 spiro atoms. The number of hydrogen-bond donors (Lipinski definition) is 1. The van der Waals surface area contributed by atoms with Crippen LogP contribution >= 0.6 is 0 Å². The van der Waals surface area contributed by atoms with Crippen LogP contribution in [0.4, 0.5) is 5.69 Å². The Balaban J connectivity index is 1.66. The number of nitrogens with zero attached hydrogens (tertiary/aromatic N) is 6. The van der Waals surface area contributed by atoms with Crippen molar-refractivity contribution in [2.75, 3.05) is 5.32 Å². The van der Waals surface area contributed by atoms with Crippen molar-refractivity contribution >= 4 is 11.6 Å². The maximum atomic E-state index is 12.6. The second-order valence-electron chi connectivity index (χ2n) is 6.76. The Bertz CT molecular complexity index is 957. The first-order valence-electron chi connectivity index (χ1n) is 9.25. The summed E-state index contributed by atoms with van der Waals surface area (Å²) in [5.74, 6) is 1.11. The number of hydrogen-bond acceptors (Lipinski definition) is 6.